The minimum Gasteiger partial charge on any atom is -0.497 e. The third kappa shape index (κ3) is 4.74. The lowest BCUT2D eigenvalue weighted by Crippen LogP contribution is -2.19. The number of methoxy groups -OCH3 is 1. The van der Waals surface area contributed by atoms with Crippen LogP contribution < -0.4 is 15.4 Å². The molecule has 0 saturated heterocycles. The second kappa shape index (κ2) is 8.39. The van der Waals surface area contributed by atoms with Gasteiger partial charge < -0.3 is 15.4 Å². The van der Waals surface area contributed by atoms with Crippen LogP contribution >= 0.6 is 12.2 Å². The van der Waals surface area contributed by atoms with Gasteiger partial charge in [-0.3, -0.25) is 0 Å². The summed E-state index contributed by atoms with van der Waals surface area (Å²) >= 11 is 5.40. The average molecular weight is 314 g/mol. The van der Waals surface area contributed by atoms with Crippen LogP contribution in [-0.4, -0.2) is 12.2 Å². The molecule has 2 rings (SSSR count). The predicted octanol–water partition coefficient (Wildman–Crippen LogP) is 4.85. The molecule has 2 aromatic carbocycles. The number of unbranched alkanes of at least 4 members (excludes halogenated alkanes) is 1. The van der Waals surface area contributed by atoms with Crippen molar-refractivity contribution in [2.24, 2.45) is 0 Å². The molecule has 0 aliphatic heterocycles. The first-order valence-electron chi connectivity index (χ1n) is 7.53. The molecular weight excluding hydrogens is 292 g/mol. The minimum absolute atomic E-state index is 0.592. The quantitative estimate of drug-likeness (QED) is 0.747. The van der Waals surface area contributed by atoms with Crippen molar-refractivity contribution < 1.29 is 4.74 Å². The lowest BCUT2D eigenvalue weighted by atomic mass is 10.1. The zero-order chi connectivity index (χ0) is 15.8. The van der Waals surface area contributed by atoms with E-state index in [9.17, 15) is 0 Å². The van der Waals surface area contributed by atoms with Gasteiger partial charge in [0.1, 0.15) is 5.75 Å². The topological polar surface area (TPSA) is 33.3 Å². The lowest BCUT2D eigenvalue weighted by Gasteiger charge is -2.14. The van der Waals surface area contributed by atoms with E-state index in [0.29, 0.717) is 5.11 Å². The molecule has 0 aromatic heterocycles. The lowest BCUT2D eigenvalue weighted by molar-refractivity contribution is 0.415. The summed E-state index contributed by atoms with van der Waals surface area (Å²) < 4.78 is 5.15. The number of benzene rings is 2. The van der Waals surface area contributed by atoms with Gasteiger partial charge in [0, 0.05) is 11.4 Å². The molecule has 0 radical (unpaired) electrons. The summed E-state index contributed by atoms with van der Waals surface area (Å²) in [5.74, 6) is 0.828. The molecule has 4 heteroatoms. The Morgan fingerprint density at radius 1 is 1.05 bits per heavy atom. The Labute approximate surface area is 137 Å². The third-order valence-electron chi connectivity index (χ3n) is 3.41. The highest BCUT2D eigenvalue weighted by molar-refractivity contribution is 7.80. The smallest absolute Gasteiger partial charge is 0.175 e. The molecule has 0 spiro atoms. The van der Waals surface area contributed by atoms with Crippen LogP contribution in [0.25, 0.3) is 0 Å². The number of rotatable bonds is 6. The van der Waals surface area contributed by atoms with E-state index in [1.807, 2.05) is 30.3 Å². The average Bonchev–Trinajstić information content (AvgIpc) is 2.54. The highest BCUT2D eigenvalue weighted by Gasteiger charge is 2.04. The van der Waals surface area contributed by atoms with Gasteiger partial charge in [-0.2, -0.15) is 0 Å². The molecule has 0 aliphatic rings. The number of aryl methyl sites for hydroxylation is 1. The van der Waals surface area contributed by atoms with Crippen LogP contribution in [0.15, 0.2) is 48.5 Å². The monoisotopic (exact) mass is 314 g/mol. The summed E-state index contributed by atoms with van der Waals surface area (Å²) in [5.41, 5.74) is 3.30. The molecule has 0 heterocycles. The number of hydrogen-bond donors (Lipinski definition) is 2. The zero-order valence-corrected chi connectivity index (χ0v) is 13.9. The van der Waals surface area contributed by atoms with Crippen molar-refractivity contribution in [3.05, 3.63) is 54.1 Å². The standard InChI is InChI=1S/C18H22N2OS/c1-3-4-7-14-8-5-6-9-17(14)20-18(22)19-15-10-12-16(21-2)13-11-15/h5-6,8-13H,3-4,7H2,1-2H3,(H2,19,20,22). The van der Waals surface area contributed by atoms with Crippen LogP contribution in [0.4, 0.5) is 11.4 Å². The largest absolute Gasteiger partial charge is 0.497 e. The molecule has 0 unspecified atom stereocenters. The van der Waals surface area contributed by atoms with E-state index in [1.165, 1.54) is 18.4 Å². The van der Waals surface area contributed by atoms with Gasteiger partial charge in [-0.15, -0.1) is 0 Å². The number of nitrogens with one attached hydrogen (secondary N) is 2. The number of anilines is 2. The Kier molecular flexibility index (Phi) is 6.22. The summed E-state index contributed by atoms with van der Waals surface area (Å²) in [6.07, 6.45) is 3.42. The second-order valence-electron chi connectivity index (χ2n) is 5.07. The van der Waals surface area contributed by atoms with Gasteiger partial charge in [0.25, 0.3) is 0 Å². The Hall–Kier alpha value is -2.07. The molecule has 0 atom stereocenters. The normalized spacial score (nSPS) is 10.1. The van der Waals surface area contributed by atoms with Gasteiger partial charge in [0.05, 0.1) is 7.11 Å². The van der Waals surface area contributed by atoms with Crippen LogP contribution in [-0.2, 0) is 6.42 Å². The molecule has 3 nitrogen and oxygen atoms in total. The molecule has 0 fully saturated rings. The number of hydrogen-bond acceptors (Lipinski definition) is 2. The van der Waals surface area contributed by atoms with Crippen molar-refractivity contribution in [3.8, 4) is 5.75 Å². The maximum atomic E-state index is 5.40. The van der Waals surface area contributed by atoms with Crippen LogP contribution in [0.1, 0.15) is 25.3 Å². The molecule has 0 bridgehead atoms. The van der Waals surface area contributed by atoms with Crippen molar-refractivity contribution in [2.45, 2.75) is 26.2 Å². The van der Waals surface area contributed by atoms with Crippen molar-refractivity contribution in [3.63, 3.8) is 0 Å². The molecule has 2 aromatic rings. The minimum atomic E-state index is 0.592. The van der Waals surface area contributed by atoms with Crippen molar-refractivity contribution >= 4 is 28.7 Å². The van der Waals surface area contributed by atoms with Gasteiger partial charge in [-0.1, -0.05) is 31.5 Å². The van der Waals surface area contributed by atoms with E-state index >= 15 is 0 Å². The Bertz CT molecular complexity index is 611. The fourth-order valence-electron chi connectivity index (χ4n) is 2.19. The first-order valence-corrected chi connectivity index (χ1v) is 7.93. The maximum absolute atomic E-state index is 5.40. The van der Waals surface area contributed by atoms with E-state index in [1.54, 1.807) is 7.11 Å². The van der Waals surface area contributed by atoms with Crippen molar-refractivity contribution in [1.29, 1.82) is 0 Å². The first kappa shape index (κ1) is 16.3. The number of para-hydroxylation sites is 1. The van der Waals surface area contributed by atoms with Crippen LogP contribution in [0.5, 0.6) is 5.75 Å². The number of thiocarbonyl (C=S) groups is 1. The number of ether oxygens (including phenoxy) is 1. The summed E-state index contributed by atoms with van der Waals surface area (Å²) in [6.45, 7) is 2.20. The Balaban J connectivity index is 1.99. The van der Waals surface area contributed by atoms with Crippen molar-refractivity contribution in [1.82, 2.24) is 0 Å². The van der Waals surface area contributed by atoms with Crippen LogP contribution in [0, 0.1) is 0 Å². The maximum Gasteiger partial charge on any atom is 0.175 e. The highest BCUT2D eigenvalue weighted by Crippen LogP contribution is 2.19. The first-order chi connectivity index (χ1) is 10.7. The summed E-state index contributed by atoms with van der Waals surface area (Å²) in [6, 6.07) is 16.0. The molecule has 116 valence electrons. The Morgan fingerprint density at radius 2 is 1.77 bits per heavy atom. The van der Waals surface area contributed by atoms with E-state index in [2.05, 4.69) is 35.8 Å². The third-order valence-corrected chi connectivity index (χ3v) is 3.62. The molecule has 0 aliphatic carbocycles. The van der Waals surface area contributed by atoms with E-state index < -0.39 is 0 Å². The molecule has 0 amide bonds. The molecular formula is C18H22N2OS. The second-order valence-corrected chi connectivity index (χ2v) is 5.48. The fourth-order valence-corrected chi connectivity index (χ4v) is 2.41. The van der Waals surface area contributed by atoms with Gasteiger partial charge in [-0.05, 0) is 61.0 Å². The molecule has 2 N–H and O–H groups in total. The summed E-state index contributed by atoms with van der Waals surface area (Å²) in [5, 5.41) is 7.07. The van der Waals surface area contributed by atoms with Gasteiger partial charge in [0.15, 0.2) is 5.11 Å². The predicted molar refractivity (Wildman–Crippen MR) is 97.9 cm³/mol. The van der Waals surface area contributed by atoms with Gasteiger partial charge in [-0.25, -0.2) is 0 Å². The zero-order valence-electron chi connectivity index (χ0n) is 13.1. The SMILES string of the molecule is CCCCc1ccccc1NC(=S)Nc1ccc(OC)cc1. The van der Waals surface area contributed by atoms with Crippen molar-refractivity contribution in [2.75, 3.05) is 17.7 Å². The van der Waals surface area contributed by atoms with Crippen LogP contribution in [0.2, 0.25) is 0 Å². The van der Waals surface area contributed by atoms with Gasteiger partial charge >= 0.3 is 0 Å². The van der Waals surface area contributed by atoms with E-state index in [4.69, 9.17) is 17.0 Å². The Morgan fingerprint density at radius 3 is 2.45 bits per heavy atom. The summed E-state index contributed by atoms with van der Waals surface area (Å²) in [4.78, 5) is 0. The fraction of sp³-hybridized carbons (Fsp3) is 0.278. The summed E-state index contributed by atoms with van der Waals surface area (Å²) in [7, 11) is 1.65. The van der Waals surface area contributed by atoms with E-state index in [-0.39, 0.29) is 0 Å². The van der Waals surface area contributed by atoms with Crippen LogP contribution in [0.3, 0.4) is 0 Å². The molecule has 22 heavy (non-hydrogen) atoms. The highest BCUT2D eigenvalue weighted by atomic mass is 32.1. The van der Waals surface area contributed by atoms with Gasteiger partial charge in [0.2, 0.25) is 0 Å². The molecule has 0 saturated carbocycles. The van der Waals surface area contributed by atoms with E-state index in [0.717, 1.165) is 23.5 Å².